The highest BCUT2D eigenvalue weighted by atomic mass is 127. The first kappa shape index (κ1) is 24.4. The van der Waals surface area contributed by atoms with Gasteiger partial charge in [0.15, 0.2) is 0 Å². The van der Waals surface area contributed by atoms with Gasteiger partial charge in [0, 0.05) is 18.9 Å². The summed E-state index contributed by atoms with van der Waals surface area (Å²) in [5.74, 6) is -1.67. The number of carbonyl (C=O) groups is 2. The Labute approximate surface area is 122 Å². The Balaban J connectivity index is -0.0000000482. The molecular weight excluding hydrogens is 454 g/mol. The summed E-state index contributed by atoms with van der Waals surface area (Å²) in [5, 5.41) is 15.5. The van der Waals surface area contributed by atoms with Gasteiger partial charge in [-0.15, -0.1) is 0 Å². The van der Waals surface area contributed by atoms with Crippen LogP contribution in [-0.2, 0) is 9.59 Å². The van der Waals surface area contributed by atoms with Gasteiger partial charge in [-0.3, -0.25) is 9.59 Å². The number of carboxylic acids is 2. The second-order valence-corrected chi connectivity index (χ2v) is 6.86. The Kier molecular flexibility index (Phi) is 50.9. The van der Waals surface area contributed by atoms with E-state index in [0.717, 1.165) is 13.8 Å². The molecule has 0 aromatic carbocycles. The molecule has 0 aliphatic rings. The molecule has 0 saturated heterocycles. The molecule has 0 spiro atoms. The van der Waals surface area contributed by atoms with Crippen LogP contribution in [0.3, 0.4) is 0 Å². The lowest BCUT2D eigenvalue weighted by Gasteiger charge is -1.59. The van der Waals surface area contributed by atoms with Crippen molar-refractivity contribution in [2.24, 2.45) is 0 Å². The van der Waals surface area contributed by atoms with E-state index in [2.05, 4.69) is 70.4 Å². The quantitative estimate of drug-likeness (QED) is 0.191. The number of hydrogen-bond donors (Lipinski definition) is 4. The third-order valence-electron chi connectivity index (χ3n) is 0. The summed E-state index contributed by atoms with van der Waals surface area (Å²) in [4.78, 5) is 18.0. The minimum absolute atomic E-state index is 0.639. The summed E-state index contributed by atoms with van der Waals surface area (Å²) in [7, 11) is 0. The van der Waals surface area contributed by atoms with Crippen molar-refractivity contribution < 1.29 is 19.8 Å². The number of rotatable bonds is 0. The van der Waals surface area contributed by atoms with Crippen LogP contribution in [0.2, 0.25) is 0 Å². The number of halogens is 2. The highest BCUT2D eigenvalue weighted by Gasteiger charge is 1.65. The van der Waals surface area contributed by atoms with E-state index >= 15 is 0 Å². The van der Waals surface area contributed by atoms with Gasteiger partial charge < -0.3 is 10.2 Å². The average molecular weight is 468 g/mol. The van der Waals surface area contributed by atoms with Crippen LogP contribution < -0.4 is 0 Å². The van der Waals surface area contributed by atoms with Crippen molar-refractivity contribution in [3.05, 3.63) is 0 Å². The second-order valence-electron chi connectivity index (χ2n) is 1.28. The molecule has 14 heavy (non-hydrogen) atoms. The van der Waals surface area contributed by atoms with Crippen molar-refractivity contribution in [2.45, 2.75) is 13.8 Å². The minimum atomic E-state index is -0.833. The van der Waals surface area contributed by atoms with Crippen molar-refractivity contribution in [3.8, 4) is 0 Å². The van der Waals surface area contributed by atoms with Crippen molar-refractivity contribution in [3.63, 3.8) is 0 Å². The summed E-state index contributed by atoms with van der Waals surface area (Å²) in [6.07, 6.45) is 0. The molecule has 0 rings (SSSR count). The Morgan fingerprint density at radius 3 is 1.07 bits per heavy atom. The van der Waals surface area contributed by atoms with E-state index in [-0.39, 0.29) is 0 Å². The summed E-state index contributed by atoms with van der Waals surface area (Å²) >= 11 is 11.9. The van der Waals surface area contributed by atoms with Crippen LogP contribution in [-0.4, -0.2) is 29.7 Å². The van der Waals surface area contributed by atoms with E-state index in [0.29, 0.717) is 5.08 Å². The fourth-order valence-electron chi connectivity index (χ4n) is 0. The average Bonchev–Trinajstić information content (AvgIpc) is 1.85. The molecule has 0 fully saturated rings. The molecule has 0 saturated carbocycles. The van der Waals surface area contributed by atoms with Crippen LogP contribution in [0.1, 0.15) is 13.8 Å². The maximum absolute atomic E-state index is 9.00. The zero-order chi connectivity index (χ0) is 12.6. The molecule has 0 heterocycles. The van der Waals surface area contributed by atoms with Gasteiger partial charge >= 0.3 is 0 Å². The van der Waals surface area contributed by atoms with Crippen LogP contribution >= 0.6 is 70.4 Å². The van der Waals surface area contributed by atoms with Gasteiger partial charge in [0.1, 0.15) is 0 Å². The zero-order valence-corrected chi connectivity index (χ0v) is 13.9. The largest absolute Gasteiger partial charge is 0.481 e. The zero-order valence-electron chi connectivity index (χ0n) is 7.78. The maximum Gasteiger partial charge on any atom is 0.300 e. The van der Waals surface area contributed by atoms with Crippen molar-refractivity contribution in [1.82, 2.24) is 0 Å². The van der Waals surface area contributed by atoms with Crippen molar-refractivity contribution in [2.75, 3.05) is 7.52 Å². The van der Waals surface area contributed by atoms with Gasteiger partial charge in [-0.25, -0.2) is 0 Å². The van der Waals surface area contributed by atoms with Crippen LogP contribution in [0.4, 0.5) is 0 Å². The molecular formula is C6H14I2O4S2. The summed E-state index contributed by atoms with van der Waals surface area (Å²) in [6.45, 7) is 2.17. The lowest BCUT2D eigenvalue weighted by Crippen LogP contribution is -1.78. The van der Waals surface area contributed by atoms with Gasteiger partial charge in [0.05, 0.1) is 2.43 Å². The molecule has 0 atom stereocenters. The Morgan fingerprint density at radius 1 is 1.07 bits per heavy atom. The molecule has 0 bridgehead atoms. The van der Waals surface area contributed by atoms with Crippen LogP contribution in [0.5, 0.6) is 0 Å². The Bertz CT molecular complexity index is 102. The van der Waals surface area contributed by atoms with Crippen LogP contribution in [0.15, 0.2) is 0 Å². The third kappa shape index (κ3) is 1590. The molecule has 0 aliphatic carbocycles. The highest BCUT2D eigenvalue weighted by molar-refractivity contribution is 14.2. The number of alkyl halides is 2. The molecule has 0 aromatic rings. The number of carboxylic acid groups (broad SMARTS) is 2. The molecule has 88 valence electrons. The van der Waals surface area contributed by atoms with E-state index in [9.17, 15) is 0 Å². The predicted octanol–water partition coefficient (Wildman–Crippen LogP) is 2.80. The first-order valence-corrected chi connectivity index (χ1v) is 7.34. The Hall–Kier alpha value is 1.10. The lowest BCUT2D eigenvalue weighted by molar-refractivity contribution is -0.135. The first-order valence-electron chi connectivity index (χ1n) is 3.02. The monoisotopic (exact) mass is 468 g/mol. The summed E-state index contributed by atoms with van der Waals surface area (Å²) < 4.78 is 1.19. The minimum Gasteiger partial charge on any atom is -0.481 e. The topological polar surface area (TPSA) is 74.6 Å². The number of aliphatic carboxylic acids is 2. The predicted molar refractivity (Wildman–Crippen MR) is 82.4 cm³/mol. The highest BCUT2D eigenvalue weighted by Crippen LogP contribution is 1.86. The van der Waals surface area contributed by atoms with E-state index in [1.807, 2.05) is 0 Å². The van der Waals surface area contributed by atoms with Gasteiger partial charge in [-0.05, 0) is 0 Å². The molecule has 0 unspecified atom stereocenters. The molecule has 4 nitrogen and oxygen atoms in total. The smallest absolute Gasteiger partial charge is 0.300 e. The van der Waals surface area contributed by atoms with Gasteiger partial charge in [0.2, 0.25) is 0 Å². The molecule has 0 radical (unpaired) electrons. The van der Waals surface area contributed by atoms with Gasteiger partial charge in [0.25, 0.3) is 11.9 Å². The van der Waals surface area contributed by atoms with Gasteiger partial charge in [-0.1, -0.05) is 45.2 Å². The normalized spacial score (nSPS) is 6.14. The third-order valence-corrected chi connectivity index (χ3v) is 0. The van der Waals surface area contributed by atoms with Gasteiger partial charge in [-0.2, -0.15) is 25.3 Å². The lowest BCUT2D eigenvalue weighted by atomic mass is 10.9. The Morgan fingerprint density at radius 2 is 1.07 bits per heavy atom. The fraction of sp³-hybridized carbons (Fsp3) is 0.667. The molecule has 0 amide bonds. The van der Waals surface area contributed by atoms with E-state index < -0.39 is 11.9 Å². The summed E-state index contributed by atoms with van der Waals surface area (Å²) in [5.41, 5.74) is 0. The van der Waals surface area contributed by atoms with E-state index in [4.69, 9.17) is 19.8 Å². The first-order chi connectivity index (χ1) is 6.29. The SMILES string of the molecule is CC(=O)O.CC(=O)O.ICI.SCS. The second kappa shape index (κ2) is 29.2. The van der Waals surface area contributed by atoms with Crippen LogP contribution in [0, 0.1) is 0 Å². The fourth-order valence-corrected chi connectivity index (χ4v) is 0. The number of hydrogen-bond acceptors (Lipinski definition) is 4. The van der Waals surface area contributed by atoms with E-state index in [1.165, 1.54) is 2.43 Å². The number of thiol groups is 2. The van der Waals surface area contributed by atoms with Crippen molar-refractivity contribution >= 4 is 82.4 Å². The summed E-state index contributed by atoms with van der Waals surface area (Å²) in [6, 6.07) is 0. The van der Waals surface area contributed by atoms with Crippen LogP contribution in [0.25, 0.3) is 0 Å². The molecule has 2 N–H and O–H groups in total. The maximum atomic E-state index is 9.00. The van der Waals surface area contributed by atoms with E-state index in [1.54, 1.807) is 0 Å². The van der Waals surface area contributed by atoms with Crippen molar-refractivity contribution in [1.29, 1.82) is 0 Å². The molecule has 0 aliphatic heterocycles. The molecule has 0 aromatic heterocycles. The standard InChI is InChI=1S/2C2H4O2.CH2I2.CH4S2/c2*1-2(3)4;2*2-1-3/h2*1H3,(H,3,4);1H2;2-3H,1H2. The molecule has 8 heteroatoms.